The lowest BCUT2D eigenvalue weighted by atomic mass is 10.2. The lowest BCUT2D eigenvalue weighted by Gasteiger charge is -2.13. The normalized spacial score (nSPS) is 19.5. The molecule has 1 heterocycles. The van der Waals surface area contributed by atoms with Crippen LogP contribution in [0, 0.1) is 0 Å². The van der Waals surface area contributed by atoms with Gasteiger partial charge in [0.2, 0.25) is 0 Å². The minimum absolute atomic E-state index is 0.125. The van der Waals surface area contributed by atoms with Gasteiger partial charge in [-0.3, -0.25) is 4.79 Å². The number of aliphatic hydroxyl groups excluding tert-OH is 1. The Kier molecular flexibility index (Phi) is 3.39. The van der Waals surface area contributed by atoms with E-state index in [1.807, 2.05) is 30.3 Å². The van der Waals surface area contributed by atoms with Crippen LogP contribution in [0.5, 0.6) is 0 Å². The van der Waals surface area contributed by atoms with Crippen molar-refractivity contribution in [2.24, 2.45) is 0 Å². The summed E-state index contributed by atoms with van der Waals surface area (Å²) in [6, 6.07) is 9.20. The van der Waals surface area contributed by atoms with Crippen LogP contribution in [-0.2, 0) is 16.1 Å². The average molecular weight is 235 g/mol. The molecule has 1 aromatic rings. The first-order chi connectivity index (χ1) is 8.18. The van der Waals surface area contributed by atoms with Crippen LogP contribution in [0.25, 0.3) is 0 Å². The van der Waals surface area contributed by atoms with Crippen molar-refractivity contribution < 1.29 is 19.4 Å². The molecule has 1 unspecified atom stereocenters. The van der Waals surface area contributed by atoms with E-state index < -0.39 is 18.1 Å². The summed E-state index contributed by atoms with van der Waals surface area (Å²) in [5, 5.41) is 9.20. The SMILES string of the molecule is O=C(OCc1ccccc1)N1CCC(O)C1=O. The summed E-state index contributed by atoms with van der Waals surface area (Å²) >= 11 is 0. The highest BCUT2D eigenvalue weighted by molar-refractivity contribution is 5.96. The van der Waals surface area contributed by atoms with E-state index in [1.54, 1.807) is 0 Å². The van der Waals surface area contributed by atoms with E-state index >= 15 is 0 Å². The van der Waals surface area contributed by atoms with Gasteiger partial charge in [-0.1, -0.05) is 30.3 Å². The molecule has 1 N–H and O–H groups in total. The summed E-state index contributed by atoms with van der Waals surface area (Å²) in [7, 11) is 0. The molecule has 1 fully saturated rings. The molecular formula is C12H13NO4. The number of carbonyl (C=O) groups excluding carboxylic acids is 2. The van der Waals surface area contributed by atoms with Gasteiger partial charge in [-0.15, -0.1) is 0 Å². The van der Waals surface area contributed by atoms with Crippen LogP contribution in [0.2, 0.25) is 0 Å². The molecule has 1 atom stereocenters. The van der Waals surface area contributed by atoms with Gasteiger partial charge in [0.05, 0.1) is 0 Å². The third kappa shape index (κ3) is 2.62. The summed E-state index contributed by atoms with van der Waals surface area (Å²) in [5.74, 6) is -0.580. The Balaban J connectivity index is 1.88. The number of benzene rings is 1. The number of imide groups is 1. The van der Waals surface area contributed by atoms with Crippen molar-refractivity contribution >= 4 is 12.0 Å². The number of hydrogen-bond acceptors (Lipinski definition) is 4. The molecule has 5 nitrogen and oxygen atoms in total. The van der Waals surface area contributed by atoms with E-state index in [4.69, 9.17) is 4.74 Å². The van der Waals surface area contributed by atoms with Gasteiger partial charge in [-0.05, 0) is 5.56 Å². The van der Waals surface area contributed by atoms with Gasteiger partial charge in [-0.2, -0.15) is 0 Å². The minimum atomic E-state index is -1.07. The maximum absolute atomic E-state index is 11.5. The van der Waals surface area contributed by atoms with Gasteiger partial charge < -0.3 is 9.84 Å². The molecule has 0 radical (unpaired) electrons. The molecule has 2 rings (SSSR count). The highest BCUT2D eigenvalue weighted by atomic mass is 16.6. The largest absolute Gasteiger partial charge is 0.444 e. The zero-order chi connectivity index (χ0) is 12.3. The zero-order valence-electron chi connectivity index (χ0n) is 9.20. The Labute approximate surface area is 98.6 Å². The second-order valence-corrected chi connectivity index (χ2v) is 3.83. The first kappa shape index (κ1) is 11.6. The van der Waals surface area contributed by atoms with Crippen molar-refractivity contribution in [3.8, 4) is 0 Å². The fourth-order valence-corrected chi connectivity index (χ4v) is 1.64. The first-order valence-electron chi connectivity index (χ1n) is 5.38. The van der Waals surface area contributed by atoms with E-state index in [0.29, 0.717) is 0 Å². The standard InChI is InChI=1S/C12H13NO4/c14-10-6-7-13(11(10)15)12(16)17-8-9-4-2-1-3-5-9/h1-5,10,14H,6-8H2. The number of aliphatic hydroxyl groups is 1. The lowest BCUT2D eigenvalue weighted by molar-refractivity contribution is -0.133. The third-order valence-corrected chi connectivity index (χ3v) is 2.60. The number of hydrogen-bond donors (Lipinski definition) is 1. The second-order valence-electron chi connectivity index (χ2n) is 3.83. The van der Waals surface area contributed by atoms with E-state index in [9.17, 15) is 14.7 Å². The molecule has 1 aliphatic heterocycles. The summed E-state index contributed by atoms with van der Waals surface area (Å²) < 4.78 is 4.99. The Morgan fingerprint density at radius 2 is 2.12 bits per heavy atom. The molecule has 17 heavy (non-hydrogen) atoms. The Morgan fingerprint density at radius 1 is 1.41 bits per heavy atom. The molecule has 1 aromatic carbocycles. The van der Waals surface area contributed by atoms with Gasteiger partial charge >= 0.3 is 6.09 Å². The lowest BCUT2D eigenvalue weighted by Crippen LogP contribution is -2.35. The molecule has 1 saturated heterocycles. The number of likely N-dealkylation sites (tertiary alicyclic amines) is 1. The van der Waals surface area contributed by atoms with Gasteiger partial charge in [-0.25, -0.2) is 9.69 Å². The predicted molar refractivity (Wildman–Crippen MR) is 59.0 cm³/mol. The van der Waals surface area contributed by atoms with Crippen LogP contribution in [0.15, 0.2) is 30.3 Å². The molecule has 0 aromatic heterocycles. The van der Waals surface area contributed by atoms with Gasteiger partial charge in [0.15, 0.2) is 0 Å². The maximum atomic E-state index is 11.5. The Morgan fingerprint density at radius 3 is 2.71 bits per heavy atom. The number of rotatable bonds is 2. The molecule has 90 valence electrons. The van der Waals surface area contributed by atoms with Crippen molar-refractivity contribution in [1.82, 2.24) is 4.90 Å². The summed E-state index contributed by atoms with van der Waals surface area (Å²) in [6.45, 7) is 0.340. The second kappa shape index (κ2) is 4.97. The Hall–Kier alpha value is -1.88. The average Bonchev–Trinajstić information content (AvgIpc) is 2.69. The van der Waals surface area contributed by atoms with Gasteiger partial charge in [0.1, 0.15) is 12.7 Å². The van der Waals surface area contributed by atoms with Crippen molar-refractivity contribution in [2.45, 2.75) is 19.1 Å². The fourth-order valence-electron chi connectivity index (χ4n) is 1.64. The Bertz CT molecular complexity index is 418. The van der Waals surface area contributed by atoms with E-state index in [-0.39, 0.29) is 19.6 Å². The van der Waals surface area contributed by atoms with Crippen LogP contribution in [0.4, 0.5) is 4.79 Å². The van der Waals surface area contributed by atoms with Crippen molar-refractivity contribution in [2.75, 3.05) is 6.54 Å². The van der Waals surface area contributed by atoms with Crippen LogP contribution in [-0.4, -0.2) is 34.7 Å². The third-order valence-electron chi connectivity index (χ3n) is 2.60. The summed E-state index contributed by atoms with van der Waals surface area (Å²) in [4.78, 5) is 23.8. The quantitative estimate of drug-likeness (QED) is 0.827. The molecule has 1 aliphatic rings. The molecule has 2 amide bonds. The monoisotopic (exact) mass is 235 g/mol. The topological polar surface area (TPSA) is 66.8 Å². The number of ether oxygens (including phenoxy) is 1. The molecule has 0 spiro atoms. The van der Waals surface area contributed by atoms with Crippen molar-refractivity contribution in [3.05, 3.63) is 35.9 Å². The fraction of sp³-hybridized carbons (Fsp3) is 0.333. The van der Waals surface area contributed by atoms with Gasteiger partial charge in [0, 0.05) is 13.0 Å². The predicted octanol–water partition coefficient (Wildman–Crippen LogP) is 0.916. The van der Waals surface area contributed by atoms with Crippen molar-refractivity contribution in [3.63, 3.8) is 0 Å². The number of carbonyl (C=O) groups is 2. The highest BCUT2D eigenvalue weighted by Crippen LogP contribution is 2.13. The summed E-state index contributed by atoms with van der Waals surface area (Å²) in [5.41, 5.74) is 0.855. The number of nitrogens with zero attached hydrogens (tertiary/aromatic N) is 1. The van der Waals surface area contributed by atoms with E-state index in [0.717, 1.165) is 10.5 Å². The minimum Gasteiger partial charge on any atom is -0.444 e. The van der Waals surface area contributed by atoms with Crippen LogP contribution in [0.1, 0.15) is 12.0 Å². The van der Waals surface area contributed by atoms with Crippen LogP contribution >= 0.6 is 0 Å². The molecule has 5 heteroatoms. The van der Waals surface area contributed by atoms with Crippen molar-refractivity contribution in [1.29, 1.82) is 0 Å². The van der Waals surface area contributed by atoms with E-state index in [2.05, 4.69) is 0 Å². The van der Waals surface area contributed by atoms with Crippen LogP contribution in [0.3, 0.4) is 0 Å². The first-order valence-corrected chi connectivity index (χ1v) is 5.38. The van der Waals surface area contributed by atoms with E-state index in [1.165, 1.54) is 0 Å². The molecule has 0 aliphatic carbocycles. The molecule has 0 saturated carbocycles. The molecular weight excluding hydrogens is 222 g/mol. The number of amides is 2. The highest BCUT2D eigenvalue weighted by Gasteiger charge is 2.35. The zero-order valence-corrected chi connectivity index (χ0v) is 9.20. The maximum Gasteiger partial charge on any atom is 0.416 e. The van der Waals surface area contributed by atoms with Gasteiger partial charge in [0.25, 0.3) is 5.91 Å². The molecule has 0 bridgehead atoms. The van der Waals surface area contributed by atoms with Crippen LogP contribution < -0.4 is 0 Å². The summed E-state index contributed by atoms with van der Waals surface area (Å²) in [6.07, 6.45) is -1.49. The smallest absolute Gasteiger partial charge is 0.416 e.